The highest BCUT2D eigenvalue weighted by Crippen LogP contribution is 2.47. The van der Waals surface area contributed by atoms with E-state index in [2.05, 4.69) is 4.98 Å². The zero-order valence-corrected chi connectivity index (χ0v) is 16.4. The Morgan fingerprint density at radius 2 is 2.30 bits per heavy atom. The number of fused-ring (bicyclic) bond motifs is 1. The fourth-order valence-electron chi connectivity index (χ4n) is 2.88. The van der Waals surface area contributed by atoms with Crippen molar-refractivity contribution in [2.24, 2.45) is 0 Å². The zero-order valence-electron chi connectivity index (χ0n) is 13.9. The number of ether oxygens (including phenoxy) is 1. The van der Waals surface area contributed by atoms with Gasteiger partial charge in [0.25, 0.3) is 0 Å². The predicted molar refractivity (Wildman–Crippen MR) is 98.7 cm³/mol. The first-order valence-electron chi connectivity index (χ1n) is 8.18. The second-order valence-corrected chi connectivity index (χ2v) is 8.03. The third kappa shape index (κ3) is 4.23. The Hall–Kier alpha value is -1.35. The molecule has 3 unspecified atom stereocenters. The van der Waals surface area contributed by atoms with E-state index in [-0.39, 0.29) is 40.5 Å². The number of halogens is 2. The lowest BCUT2D eigenvalue weighted by molar-refractivity contribution is -0.0228. The first-order chi connectivity index (χ1) is 13.0. The van der Waals surface area contributed by atoms with Crippen molar-refractivity contribution in [2.75, 3.05) is 6.61 Å². The lowest BCUT2D eigenvalue weighted by Crippen LogP contribution is -2.27. The van der Waals surface area contributed by atoms with Gasteiger partial charge < -0.3 is 9.26 Å². The molecule has 0 bridgehead atoms. The molecule has 144 valence electrons. The Labute approximate surface area is 165 Å². The number of aromatic nitrogens is 2. The molecule has 0 radical (unpaired) electrons. The van der Waals surface area contributed by atoms with Gasteiger partial charge in [-0.15, -0.1) is 0 Å². The summed E-state index contributed by atoms with van der Waals surface area (Å²) >= 11 is 10.9. The normalized spacial score (nSPS) is 24.4. The average molecular weight is 433 g/mol. The number of nitrogens with zero attached hydrogens (tertiary/aromatic N) is 1. The van der Waals surface area contributed by atoms with Crippen molar-refractivity contribution >= 4 is 32.4 Å². The van der Waals surface area contributed by atoms with E-state index in [4.69, 9.17) is 42.1 Å². The maximum atomic E-state index is 13.2. The van der Waals surface area contributed by atoms with Gasteiger partial charge >= 0.3 is 14.3 Å². The Morgan fingerprint density at radius 1 is 1.44 bits per heavy atom. The second-order valence-electron chi connectivity index (χ2n) is 6.07. The summed E-state index contributed by atoms with van der Waals surface area (Å²) in [4.78, 5) is 14.6. The van der Waals surface area contributed by atoms with Gasteiger partial charge in [-0.05, 0) is 31.0 Å². The highest BCUT2D eigenvalue weighted by Gasteiger charge is 2.30. The van der Waals surface area contributed by atoms with Gasteiger partial charge in [0.05, 0.1) is 24.3 Å². The summed E-state index contributed by atoms with van der Waals surface area (Å²) in [6, 6.07) is 4.26. The molecule has 0 aliphatic carbocycles. The van der Waals surface area contributed by atoms with Gasteiger partial charge in [0.2, 0.25) is 0 Å². The first-order valence-corrected chi connectivity index (χ1v) is 10.1. The van der Waals surface area contributed by atoms with E-state index in [1.165, 1.54) is 22.9 Å². The van der Waals surface area contributed by atoms with E-state index in [9.17, 15) is 9.18 Å². The van der Waals surface area contributed by atoms with Crippen LogP contribution < -0.4 is 10.2 Å². The lowest BCUT2D eigenvalue weighted by atomic mass is 10.2. The molecular formula is C16H15ClFN2O5PS. The fraction of sp³-hybridized carbons (Fsp3) is 0.375. The first kappa shape index (κ1) is 19.0. The number of rotatable bonds is 4. The predicted octanol–water partition coefficient (Wildman–Crippen LogP) is 4.23. The van der Waals surface area contributed by atoms with Crippen molar-refractivity contribution in [1.29, 1.82) is 0 Å². The van der Waals surface area contributed by atoms with Crippen LogP contribution in [0.3, 0.4) is 0 Å². The third-order valence-corrected chi connectivity index (χ3v) is 5.97. The van der Waals surface area contributed by atoms with Crippen molar-refractivity contribution < 1.29 is 22.7 Å². The second kappa shape index (κ2) is 7.95. The Balaban J connectivity index is 1.33. The molecule has 2 aromatic rings. The van der Waals surface area contributed by atoms with E-state index < -0.39 is 14.8 Å². The van der Waals surface area contributed by atoms with E-state index in [1.807, 2.05) is 0 Å². The maximum Gasteiger partial charge on any atom is 0.397 e. The summed E-state index contributed by atoms with van der Waals surface area (Å²) < 4.78 is 37.4. The zero-order chi connectivity index (χ0) is 19.0. The van der Waals surface area contributed by atoms with E-state index >= 15 is 0 Å². The van der Waals surface area contributed by atoms with Gasteiger partial charge in [-0.1, -0.05) is 23.8 Å². The maximum absolute atomic E-state index is 13.2. The van der Waals surface area contributed by atoms with E-state index in [0.717, 1.165) is 0 Å². The van der Waals surface area contributed by atoms with Crippen LogP contribution in [0.2, 0.25) is 5.02 Å². The van der Waals surface area contributed by atoms with Crippen molar-refractivity contribution in [3.63, 3.8) is 0 Å². The van der Waals surface area contributed by atoms with Crippen LogP contribution in [0.1, 0.15) is 24.6 Å². The molecule has 4 rings (SSSR count). The van der Waals surface area contributed by atoms with E-state index in [1.54, 1.807) is 6.07 Å². The van der Waals surface area contributed by atoms with Crippen LogP contribution in [0.15, 0.2) is 29.2 Å². The summed E-state index contributed by atoms with van der Waals surface area (Å²) in [6.07, 6.45) is 2.16. The van der Waals surface area contributed by atoms with Gasteiger partial charge in [0.15, 0.2) is 0 Å². The minimum Gasteiger partial charge on any atom is -0.426 e. The molecular weight excluding hydrogens is 418 g/mol. The third-order valence-electron chi connectivity index (χ3n) is 4.21. The van der Waals surface area contributed by atoms with Crippen LogP contribution in [0.4, 0.5) is 4.39 Å². The highest BCUT2D eigenvalue weighted by molar-refractivity contribution is 7.71. The van der Waals surface area contributed by atoms with Crippen molar-refractivity contribution in [3.05, 3.63) is 55.9 Å². The number of hydrogen-bond acceptors (Lipinski definition) is 6. The van der Waals surface area contributed by atoms with Crippen LogP contribution in [-0.2, 0) is 20.4 Å². The Morgan fingerprint density at radius 3 is 3.15 bits per heavy atom. The number of nitrogens with one attached hydrogen (secondary N) is 1. The smallest absolute Gasteiger partial charge is 0.397 e. The molecule has 2 aliphatic heterocycles. The molecule has 27 heavy (non-hydrogen) atoms. The van der Waals surface area contributed by atoms with Gasteiger partial charge in [0.1, 0.15) is 22.4 Å². The number of hydrogen-bond donors (Lipinski definition) is 1. The van der Waals surface area contributed by atoms with E-state index in [0.29, 0.717) is 24.2 Å². The van der Waals surface area contributed by atoms with Crippen molar-refractivity contribution in [1.82, 2.24) is 9.55 Å². The molecule has 1 aromatic carbocycles. The molecule has 0 amide bonds. The summed E-state index contributed by atoms with van der Waals surface area (Å²) in [7, 11) is -1.58. The van der Waals surface area contributed by atoms with Crippen LogP contribution in [-0.4, -0.2) is 22.3 Å². The summed E-state index contributed by atoms with van der Waals surface area (Å²) in [6.45, 7) is 0.480. The van der Waals surface area contributed by atoms with Crippen LogP contribution in [0.5, 0.6) is 5.75 Å². The van der Waals surface area contributed by atoms with Crippen molar-refractivity contribution in [3.8, 4) is 5.75 Å². The minimum absolute atomic E-state index is 0.199. The summed E-state index contributed by atoms with van der Waals surface area (Å²) in [5.74, 6) is 0.217. The minimum atomic E-state index is -1.58. The summed E-state index contributed by atoms with van der Waals surface area (Å²) in [5.41, 5.74) is 0.273. The standard InChI is InChI=1S/C16H15ClFN2O5PS/c17-12-6-20(16(21)19-15(12)27)14-4-2-11(24-14)8-23-26-22-7-9-5-10(18)1-3-13(9)25-26/h1,3,5-6,11,14H,2,4,7-8H2,(H,19,21,27). The molecule has 1 N–H and O–H groups in total. The Bertz CT molecular complexity index is 971. The fourth-order valence-corrected chi connectivity index (χ4v) is 4.22. The topological polar surface area (TPSA) is 74.7 Å². The van der Waals surface area contributed by atoms with Gasteiger partial charge in [0, 0.05) is 11.8 Å². The van der Waals surface area contributed by atoms with Crippen LogP contribution >= 0.6 is 32.4 Å². The molecule has 1 fully saturated rings. The number of aromatic amines is 1. The summed E-state index contributed by atoms with van der Waals surface area (Å²) in [5, 5.41) is 0.287. The molecule has 7 nitrogen and oxygen atoms in total. The molecule has 1 aromatic heterocycles. The monoisotopic (exact) mass is 432 g/mol. The van der Waals surface area contributed by atoms with Gasteiger partial charge in [-0.25, -0.2) is 9.18 Å². The molecule has 11 heteroatoms. The van der Waals surface area contributed by atoms with Gasteiger partial charge in [-0.2, -0.15) is 0 Å². The quantitative estimate of drug-likeness (QED) is 0.575. The van der Waals surface area contributed by atoms with Crippen molar-refractivity contribution in [2.45, 2.75) is 31.8 Å². The Kier molecular flexibility index (Phi) is 5.59. The molecule has 2 aliphatic rings. The number of H-pyrrole nitrogens is 1. The molecule has 3 atom stereocenters. The number of benzene rings is 1. The largest absolute Gasteiger partial charge is 0.426 e. The molecule has 3 heterocycles. The average Bonchev–Trinajstić information content (AvgIpc) is 3.11. The molecule has 0 spiro atoms. The van der Waals surface area contributed by atoms with Crippen LogP contribution in [0, 0.1) is 10.5 Å². The van der Waals surface area contributed by atoms with Gasteiger partial charge in [-0.3, -0.25) is 18.6 Å². The lowest BCUT2D eigenvalue weighted by Gasteiger charge is -2.24. The molecule has 1 saturated heterocycles. The van der Waals surface area contributed by atoms with Crippen LogP contribution in [0.25, 0.3) is 0 Å². The SMILES string of the molecule is O=c1[nH]c(=S)c(Cl)cn1C1CCC(COP2OCc3cc(F)ccc3O2)O1. The highest BCUT2D eigenvalue weighted by atomic mass is 35.5. The molecule has 0 saturated carbocycles.